The van der Waals surface area contributed by atoms with Crippen LogP contribution >= 0.6 is 0 Å². The van der Waals surface area contributed by atoms with E-state index in [1.165, 1.54) is 39.7 Å². The highest BCUT2D eigenvalue weighted by atomic mass is 16.5. The summed E-state index contributed by atoms with van der Waals surface area (Å²) >= 11 is 0. The number of aliphatic hydroxyl groups is 1. The van der Waals surface area contributed by atoms with E-state index in [1.807, 2.05) is 0 Å². The van der Waals surface area contributed by atoms with Crippen molar-refractivity contribution in [3.8, 4) is 11.5 Å². The Morgan fingerprint density at radius 3 is 2.63 bits per heavy atom. The predicted octanol–water partition coefficient (Wildman–Crippen LogP) is 3.11. The van der Waals surface area contributed by atoms with E-state index in [-0.39, 0.29) is 24.3 Å². The van der Waals surface area contributed by atoms with Crippen LogP contribution in [0, 0.1) is 5.92 Å². The molecule has 1 amide bonds. The molecule has 1 fully saturated rings. The summed E-state index contributed by atoms with van der Waals surface area (Å²) in [6, 6.07) is 4.90. The number of hydrogen-bond acceptors (Lipinski definition) is 5. The molecule has 2 rings (SSSR count). The van der Waals surface area contributed by atoms with Gasteiger partial charge in [0.2, 0.25) is 5.91 Å². The summed E-state index contributed by atoms with van der Waals surface area (Å²) in [6.07, 6.45) is 6.67. The number of ether oxygens (including phenoxy) is 2. The molecule has 150 valence electrons. The molecule has 0 bridgehead atoms. The molecule has 6 nitrogen and oxygen atoms in total. The molecule has 1 saturated carbocycles. The lowest BCUT2D eigenvalue weighted by atomic mass is 9.98. The maximum atomic E-state index is 12.1. The van der Waals surface area contributed by atoms with Gasteiger partial charge >= 0.3 is 0 Å². The van der Waals surface area contributed by atoms with Gasteiger partial charge < -0.3 is 19.9 Å². The minimum absolute atomic E-state index is 0.0154. The first-order valence-corrected chi connectivity index (χ1v) is 9.75. The van der Waals surface area contributed by atoms with Gasteiger partial charge in [-0.25, -0.2) is 0 Å². The summed E-state index contributed by atoms with van der Waals surface area (Å²) in [5.41, 5.74) is 0.566. The van der Waals surface area contributed by atoms with Crippen molar-refractivity contribution < 1.29 is 24.2 Å². The monoisotopic (exact) mass is 377 g/mol. The summed E-state index contributed by atoms with van der Waals surface area (Å²) in [5, 5.41) is 12.4. The van der Waals surface area contributed by atoms with Crippen molar-refractivity contribution in [1.82, 2.24) is 5.32 Å². The Morgan fingerprint density at radius 2 is 2.00 bits per heavy atom. The zero-order chi connectivity index (χ0) is 19.6. The number of Topliss-reactive ketones (excluding diaryl/α,β-unsaturated/α-hetero) is 1. The van der Waals surface area contributed by atoms with E-state index in [2.05, 4.69) is 5.32 Å². The molecule has 0 unspecified atom stereocenters. The molecular weight excluding hydrogens is 346 g/mol. The number of ketones is 1. The first-order chi connectivity index (χ1) is 13.0. The van der Waals surface area contributed by atoms with Gasteiger partial charge in [-0.2, -0.15) is 0 Å². The van der Waals surface area contributed by atoms with Gasteiger partial charge in [0.25, 0.3) is 0 Å². The molecule has 6 heteroatoms. The first-order valence-electron chi connectivity index (χ1n) is 9.75. The lowest BCUT2D eigenvalue weighted by Gasteiger charge is -2.20. The van der Waals surface area contributed by atoms with Gasteiger partial charge in [-0.15, -0.1) is 0 Å². The van der Waals surface area contributed by atoms with E-state index < -0.39 is 0 Å². The number of carbonyl (C=O) groups is 2. The van der Waals surface area contributed by atoms with E-state index in [4.69, 9.17) is 9.47 Å². The van der Waals surface area contributed by atoms with E-state index >= 15 is 0 Å². The second-order valence-electron chi connectivity index (χ2n) is 7.21. The quantitative estimate of drug-likeness (QED) is 0.457. The van der Waals surface area contributed by atoms with Crippen LogP contribution in [0.25, 0.3) is 0 Å². The van der Waals surface area contributed by atoms with Gasteiger partial charge in [0.15, 0.2) is 17.3 Å². The first kappa shape index (κ1) is 21.2. The molecule has 0 heterocycles. The molecule has 0 spiro atoms. The van der Waals surface area contributed by atoms with E-state index in [1.54, 1.807) is 18.2 Å². The van der Waals surface area contributed by atoms with Crippen molar-refractivity contribution in [3.05, 3.63) is 23.8 Å². The topological polar surface area (TPSA) is 84.9 Å². The average Bonchev–Trinajstić information content (AvgIpc) is 3.17. The number of methoxy groups -OCH3 is 1. The molecule has 0 radical (unpaired) electrons. The summed E-state index contributed by atoms with van der Waals surface area (Å²) in [7, 11) is 1.53. The fourth-order valence-electron chi connectivity index (χ4n) is 3.55. The van der Waals surface area contributed by atoms with Crippen molar-refractivity contribution in [1.29, 1.82) is 0 Å². The van der Waals surface area contributed by atoms with Crippen LogP contribution in [0.2, 0.25) is 0 Å². The smallest absolute Gasteiger partial charge is 0.220 e. The third kappa shape index (κ3) is 6.86. The second kappa shape index (κ2) is 10.9. The van der Waals surface area contributed by atoms with Crippen molar-refractivity contribution in [3.63, 3.8) is 0 Å². The van der Waals surface area contributed by atoms with Crippen LogP contribution in [0.3, 0.4) is 0 Å². The normalized spacial score (nSPS) is 15.4. The number of benzene rings is 1. The number of aliphatic hydroxyl groups excluding tert-OH is 1. The lowest BCUT2D eigenvalue weighted by molar-refractivity contribution is -0.122. The molecule has 1 atom stereocenters. The fraction of sp³-hybridized carbons (Fsp3) is 0.619. The number of nitrogens with one attached hydrogen (secondary N) is 1. The Kier molecular flexibility index (Phi) is 8.58. The highest BCUT2D eigenvalue weighted by Gasteiger charge is 2.20. The molecule has 1 aliphatic rings. The van der Waals surface area contributed by atoms with Gasteiger partial charge in [-0.1, -0.05) is 25.7 Å². The van der Waals surface area contributed by atoms with E-state index in [0.29, 0.717) is 42.4 Å². The van der Waals surface area contributed by atoms with Crippen molar-refractivity contribution in [2.45, 2.75) is 57.9 Å². The molecule has 2 N–H and O–H groups in total. The third-order valence-corrected chi connectivity index (χ3v) is 5.05. The van der Waals surface area contributed by atoms with Crippen LogP contribution in [0.1, 0.15) is 62.2 Å². The van der Waals surface area contributed by atoms with Gasteiger partial charge in [-0.05, 0) is 43.9 Å². The standard InChI is InChI=1S/C21H31NO5/c1-15(24)17-9-10-19(20(13-17)26-2)27-11-5-8-21(25)22-18(14-23)12-16-6-3-4-7-16/h9-10,13,16,18,23H,3-8,11-12,14H2,1-2H3,(H,22,25)/t18-/m1/s1. The Bertz CT molecular complexity index is 625. The highest BCUT2D eigenvalue weighted by molar-refractivity contribution is 5.94. The Labute approximate surface area is 161 Å². The molecule has 1 aromatic carbocycles. The maximum Gasteiger partial charge on any atom is 0.220 e. The Balaban J connectivity index is 1.72. The zero-order valence-electron chi connectivity index (χ0n) is 16.3. The molecule has 0 aromatic heterocycles. The SMILES string of the molecule is COc1cc(C(C)=O)ccc1OCCCC(=O)N[C@@H](CO)CC1CCCC1. The molecule has 1 aromatic rings. The van der Waals surface area contributed by atoms with E-state index in [9.17, 15) is 14.7 Å². The van der Waals surface area contributed by atoms with E-state index in [0.717, 1.165) is 6.42 Å². The number of rotatable bonds is 11. The number of amides is 1. The second-order valence-corrected chi connectivity index (χ2v) is 7.21. The molecular formula is C21H31NO5. The molecule has 0 aliphatic heterocycles. The number of carbonyl (C=O) groups excluding carboxylic acids is 2. The minimum atomic E-state index is -0.152. The van der Waals surface area contributed by atoms with Crippen LogP contribution < -0.4 is 14.8 Å². The summed E-state index contributed by atoms with van der Waals surface area (Å²) in [5.74, 6) is 1.58. The predicted molar refractivity (Wildman–Crippen MR) is 103 cm³/mol. The summed E-state index contributed by atoms with van der Waals surface area (Å²) < 4.78 is 10.9. The van der Waals surface area contributed by atoms with Crippen LogP contribution in [0.4, 0.5) is 0 Å². The van der Waals surface area contributed by atoms with Gasteiger partial charge in [0.05, 0.1) is 26.4 Å². The van der Waals surface area contributed by atoms with Crippen molar-refractivity contribution in [2.24, 2.45) is 5.92 Å². The minimum Gasteiger partial charge on any atom is -0.493 e. The Morgan fingerprint density at radius 1 is 1.26 bits per heavy atom. The summed E-state index contributed by atoms with van der Waals surface area (Å²) in [4.78, 5) is 23.5. The zero-order valence-corrected chi connectivity index (χ0v) is 16.3. The highest BCUT2D eigenvalue weighted by Crippen LogP contribution is 2.29. The number of hydrogen-bond donors (Lipinski definition) is 2. The van der Waals surface area contributed by atoms with Crippen molar-refractivity contribution in [2.75, 3.05) is 20.3 Å². The summed E-state index contributed by atoms with van der Waals surface area (Å²) in [6.45, 7) is 1.86. The average molecular weight is 377 g/mol. The van der Waals surface area contributed by atoms with Crippen LogP contribution in [0.5, 0.6) is 11.5 Å². The Hall–Kier alpha value is -2.08. The third-order valence-electron chi connectivity index (χ3n) is 5.05. The molecule has 27 heavy (non-hydrogen) atoms. The molecule has 0 saturated heterocycles. The van der Waals surface area contributed by atoms with Crippen LogP contribution in [-0.2, 0) is 4.79 Å². The lowest BCUT2D eigenvalue weighted by Crippen LogP contribution is -2.38. The van der Waals surface area contributed by atoms with Gasteiger partial charge in [0, 0.05) is 12.0 Å². The van der Waals surface area contributed by atoms with Gasteiger partial charge in [-0.3, -0.25) is 9.59 Å². The van der Waals surface area contributed by atoms with Crippen molar-refractivity contribution >= 4 is 11.7 Å². The van der Waals surface area contributed by atoms with Gasteiger partial charge in [0.1, 0.15) is 0 Å². The van der Waals surface area contributed by atoms with Crippen LogP contribution in [0.15, 0.2) is 18.2 Å². The maximum absolute atomic E-state index is 12.1. The van der Waals surface area contributed by atoms with Crippen LogP contribution in [-0.4, -0.2) is 43.2 Å². The molecule has 1 aliphatic carbocycles. The fourth-order valence-corrected chi connectivity index (χ4v) is 3.55. The largest absolute Gasteiger partial charge is 0.493 e.